The molecule has 0 saturated heterocycles. The Labute approximate surface area is 180 Å². The predicted octanol–water partition coefficient (Wildman–Crippen LogP) is 6.03. The van der Waals surface area contributed by atoms with Crippen LogP contribution in [0.5, 0.6) is 0 Å². The highest BCUT2D eigenvalue weighted by Crippen LogP contribution is 2.14. The molecule has 4 rings (SSSR count). The summed E-state index contributed by atoms with van der Waals surface area (Å²) in [6.07, 6.45) is 0. The fraction of sp³-hybridized carbons (Fsp3) is 0.143. The van der Waals surface area contributed by atoms with Crippen LogP contribution in [-0.2, 0) is 26.2 Å². The minimum atomic E-state index is 0.640. The van der Waals surface area contributed by atoms with Gasteiger partial charge in [-0.15, -0.1) is 0 Å². The Balaban J connectivity index is 0.000000269. The molecule has 0 atom stereocenters. The van der Waals surface area contributed by atoms with E-state index in [0.29, 0.717) is 6.54 Å². The normalized spacial score (nSPS) is 10.3. The molecule has 0 aliphatic heterocycles. The second kappa shape index (κ2) is 12.4. The van der Waals surface area contributed by atoms with Crippen LogP contribution in [0.3, 0.4) is 0 Å². The maximum atomic E-state index is 5.35. The summed E-state index contributed by atoms with van der Waals surface area (Å²) in [6.45, 7) is 3.53. The third-order valence-corrected chi connectivity index (χ3v) is 4.83. The van der Waals surface area contributed by atoms with Crippen molar-refractivity contribution >= 4 is 0 Å². The van der Waals surface area contributed by atoms with Gasteiger partial charge in [-0.3, -0.25) is 4.90 Å². The summed E-state index contributed by atoms with van der Waals surface area (Å²) >= 11 is 0. The molecule has 0 bridgehead atoms. The maximum absolute atomic E-state index is 5.35. The van der Waals surface area contributed by atoms with Gasteiger partial charge in [-0.1, -0.05) is 121 Å². The zero-order valence-corrected chi connectivity index (χ0v) is 17.4. The van der Waals surface area contributed by atoms with Crippen LogP contribution in [0.2, 0.25) is 0 Å². The number of nitrogens with zero attached hydrogens (tertiary/aromatic N) is 1. The van der Waals surface area contributed by atoms with Gasteiger partial charge in [-0.25, -0.2) is 0 Å². The number of hydrogen-bond acceptors (Lipinski definition) is 2. The van der Waals surface area contributed by atoms with Crippen molar-refractivity contribution < 1.29 is 0 Å². The van der Waals surface area contributed by atoms with Gasteiger partial charge in [0, 0.05) is 26.2 Å². The van der Waals surface area contributed by atoms with E-state index in [2.05, 4.69) is 95.9 Å². The van der Waals surface area contributed by atoms with Gasteiger partial charge in [0.25, 0.3) is 0 Å². The minimum Gasteiger partial charge on any atom is -0.326 e. The third-order valence-electron chi connectivity index (χ3n) is 4.83. The van der Waals surface area contributed by atoms with Crippen LogP contribution >= 0.6 is 0 Å². The second-order valence-electron chi connectivity index (χ2n) is 7.29. The summed E-state index contributed by atoms with van der Waals surface area (Å²) in [7, 11) is 0. The van der Waals surface area contributed by atoms with Gasteiger partial charge in [0.15, 0.2) is 0 Å². The first kappa shape index (κ1) is 21.5. The minimum absolute atomic E-state index is 0.640. The van der Waals surface area contributed by atoms with Crippen molar-refractivity contribution in [3.05, 3.63) is 144 Å². The largest absolute Gasteiger partial charge is 0.326 e. The molecule has 0 radical (unpaired) electrons. The van der Waals surface area contributed by atoms with Gasteiger partial charge < -0.3 is 5.73 Å². The van der Waals surface area contributed by atoms with Crippen LogP contribution in [0.15, 0.2) is 121 Å². The topological polar surface area (TPSA) is 29.3 Å². The molecule has 0 fully saturated rings. The Hall–Kier alpha value is -3.20. The van der Waals surface area contributed by atoms with Crippen molar-refractivity contribution in [3.63, 3.8) is 0 Å². The van der Waals surface area contributed by atoms with E-state index in [-0.39, 0.29) is 0 Å². The predicted molar refractivity (Wildman–Crippen MR) is 127 cm³/mol. The van der Waals surface area contributed by atoms with Gasteiger partial charge in [-0.2, -0.15) is 0 Å². The van der Waals surface area contributed by atoms with E-state index >= 15 is 0 Å². The lowest BCUT2D eigenvalue weighted by molar-refractivity contribution is 0.247. The van der Waals surface area contributed by atoms with E-state index in [4.69, 9.17) is 5.73 Å². The van der Waals surface area contributed by atoms with Crippen molar-refractivity contribution in [2.45, 2.75) is 26.2 Å². The van der Waals surface area contributed by atoms with Crippen molar-refractivity contribution in [2.75, 3.05) is 0 Å². The molecular formula is C28H30N2. The molecule has 0 spiro atoms. The van der Waals surface area contributed by atoms with Crippen molar-refractivity contribution in [2.24, 2.45) is 5.73 Å². The molecular weight excluding hydrogens is 364 g/mol. The fourth-order valence-corrected chi connectivity index (χ4v) is 3.31. The van der Waals surface area contributed by atoms with Gasteiger partial charge in [-0.05, 0) is 22.3 Å². The molecule has 0 saturated carbocycles. The van der Waals surface area contributed by atoms with Crippen LogP contribution in [0.25, 0.3) is 0 Å². The van der Waals surface area contributed by atoms with Crippen LogP contribution < -0.4 is 5.73 Å². The van der Waals surface area contributed by atoms with Gasteiger partial charge in [0.1, 0.15) is 0 Å². The quantitative estimate of drug-likeness (QED) is 0.414. The summed E-state index contributed by atoms with van der Waals surface area (Å²) in [5.74, 6) is 0. The lowest BCUT2D eigenvalue weighted by atomic mass is 10.1. The molecule has 0 heterocycles. The van der Waals surface area contributed by atoms with E-state index in [9.17, 15) is 0 Å². The SMILES string of the molecule is NCc1ccccc1.c1ccc(CN(Cc2ccccc2)Cc2ccccc2)cc1. The molecule has 30 heavy (non-hydrogen) atoms. The van der Waals surface area contributed by atoms with Crippen molar-refractivity contribution in [1.82, 2.24) is 4.90 Å². The Morgan fingerprint density at radius 3 is 0.900 bits per heavy atom. The van der Waals surface area contributed by atoms with Crippen molar-refractivity contribution in [3.8, 4) is 0 Å². The zero-order chi connectivity index (χ0) is 20.9. The maximum Gasteiger partial charge on any atom is 0.0240 e. The highest BCUT2D eigenvalue weighted by Gasteiger charge is 2.08. The molecule has 0 aliphatic rings. The average Bonchev–Trinajstić information content (AvgIpc) is 2.82. The van der Waals surface area contributed by atoms with Crippen LogP contribution in [0.1, 0.15) is 22.3 Å². The monoisotopic (exact) mass is 394 g/mol. The third kappa shape index (κ3) is 7.67. The van der Waals surface area contributed by atoms with E-state index < -0.39 is 0 Å². The molecule has 0 aromatic heterocycles. The summed E-state index contributed by atoms with van der Waals surface area (Å²) in [6, 6.07) is 42.0. The molecule has 0 unspecified atom stereocenters. The number of benzene rings is 4. The first-order chi connectivity index (χ1) is 14.8. The Kier molecular flexibility index (Phi) is 8.88. The number of rotatable bonds is 7. The van der Waals surface area contributed by atoms with E-state index in [1.165, 1.54) is 22.3 Å². The highest BCUT2D eigenvalue weighted by molar-refractivity contribution is 5.19. The summed E-state index contributed by atoms with van der Waals surface area (Å²) in [4.78, 5) is 2.49. The molecule has 152 valence electrons. The zero-order valence-electron chi connectivity index (χ0n) is 17.4. The number of hydrogen-bond donors (Lipinski definition) is 1. The Bertz CT molecular complexity index is 840. The van der Waals surface area contributed by atoms with E-state index in [1.54, 1.807) is 0 Å². The number of nitrogens with two attached hydrogens (primary N) is 1. The Morgan fingerprint density at radius 2 is 0.667 bits per heavy atom. The first-order valence-electron chi connectivity index (χ1n) is 10.4. The van der Waals surface area contributed by atoms with Gasteiger partial charge in [0.05, 0.1) is 0 Å². The van der Waals surface area contributed by atoms with E-state index in [1.807, 2.05) is 30.3 Å². The molecule has 0 amide bonds. The molecule has 4 aromatic rings. The molecule has 2 N–H and O–H groups in total. The summed E-state index contributed by atoms with van der Waals surface area (Å²) in [5.41, 5.74) is 10.6. The lowest BCUT2D eigenvalue weighted by Gasteiger charge is -2.23. The highest BCUT2D eigenvalue weighted by atomic mass is 15.1. The summed E-state index contributed by atoms with van der Waals surface area (Å²) in [5, 5.41) is 0. The van der Waals surface area contributed by atoms with E-state index in [0.717, 1.165) is 19.6 Å². The molecule has 4 aromatic carbocycles. The smallest absolute Gasteiger partial charge is 0.0240 e. The van der Waals surface area contributed by atoms with Crippen LogP contribution in [-0.4, -0.2) is 4.90 Å². The Morgan fingerprint density at radius 1 is 0.400 bits per heavy atom. The standard InChI is InChI=1S/C21H21N.C7H9N/c1-4-10-19(11-5-1)16-22(17-20-12-6-2-7-13-20)18-21-14-8-3-9-15-21;8-6-7-4-2-1-3-5-7/h1-15H,16-18H2;1-5H,6,8H2. The fourth-order valence-electron chi connectivity index (χ4n) is 3.31. The second-order valence-corrected chi connectivity index (χ2v) is 7.29. The van der Waals surface area contributed by atoms with Gasteiger partial charge in [0.2, 0.25) is 0 Å². The van der Waals surface area contributed by atoms with Crippen molar-refractivity contribution in [1.29, 1.82) is 0 Å². The lowest BCUT2D eigenvalue weighted by Crippen LogP contribution is -2.22. The molecule has 2 nitrogen and oxygen atoms in total. The van der Waals surface area contributed by atoms with Crippen LogP contribution in [0, 0.1) is 0 Å². The first-order valence-corrected chi connectivity index (χ1v) is 10.4. The average molecular weight is 395 g/mol. The van der Waals surface area contributed by atoms with Gasteiger partial charge >= 0.3 is 0 Å². The van der Waals surface area contributed by atoms with Crippen LogP contribution in [0.4, 0.5) is 0 Å². The summed E-state index contributed by atoms with van der Waals surface area (Å²) < 4.78 is 0. The molecule has 0 aliphatic carbocycles. The molecule has 2 heteroatoms.